The average Bonchev–Trinajstić information content (AvgIpc) is 2.46. The van der Waals surface area contributed by atoms with Gasteiger partial charge in [-0.05, 0) is 18.2 Å². The maximum Gasteiger partial charge on any atom is 0.573 e. The molecule has 0 saturated heterocycles. The molecule has 1 N–H and O–H groups in total. The van der Waals surface area contributed by atoms with E-state index in [9.17, 15) is 17.6 Å². The van der Waals surface area contributed by atoms with Crippen LogP contribution in [0.5, 0.6) is 5.75 Å². The Morgan fingerprint density at radius 1 is 1.14 bits per heavy atom. The van der Waals surface area contributed by atoms with E-state index in [1.165, 1.54) is 30.3 Å². The number of hydrogen-bond donors (Lipinski definition) is 1. The standard InChI is InChI=1S/C15H12ClF4NO/c1-21-13-7-12(16)11(6-9(13)8-17)10-4-2-3-5-14(10)22-15(18,19)20/h2-7,21H,8H2,1H3. The van der Waals surface area contributed by atoms with Gasteiger partial charge in [0.15, 0.2) is 0 Å². The molecule has 0 amide bonds. The summed E-state index contributed by atoms with van der Waals surface area (Å²) in [5.74, 6) is -0.390. The minimum atomic E-state index is -4.82. The molecule has 2 aromatic rings. The average molecular weight is 334 g/mol. The molecule has 22 heavy (non-hydrogen) atoms. The molecule has 0 radical (unpaired) electrons. The lowest BCUT2D eigenvalue weighted by molar-refractivity contribution is -0.274. The van der Waals surface area contributed by atoms with Crippen molar-refractivity contribution >= 4 is 17.3 Å². The molecule has 0 bridgehead atoms. The molecule has 0 heterocycles. The third-order valence-electron chi connectivity index (χ3n) is 3.01. The number of anilines is 1. The molecule has 0 aliphatic rings. The van der Waals surface area contributed by atoms with Crippen LogP contribution >= 0.6 is 11.6 Å². The van der Waals surface area contributed by atoms with Crippen molar-refractivity contribution in [3.63, 3.8) is 0 Å². The molecule has 7 heteroatoms. The first-order chi connectivity index (χ1) is 10.4. The highest BCUT2D eigenvalue weighted by atomic mass is 35.5. The SMILES string of the molecule is CNc1cc(Cl)c(-c2ccccc2OC(F)(F)F)cc1CF. The van der Waals surface area contributed by atoms with E-state index in [0.29, 0.717) is 11.3 Å². The molecule has 0 aliphatic heterocycles. The summed E-state index contributed by atoms with van der Waals surface area (Å²) in [6.07, 6.45) is -4.82. The van der Waals surface area contributed by atoms with Gasteiger partial charge in [-0.3, -0.25) is 0 Å². The normalized spacial score (nSPS) is 11.4. The number of halogens is 5. The van der Waals surface area contributed by atoms with Crippen LogP contribution in [-0.4, -0.2) is 13.4 Å². The Balaban J connectivity index is 2.57. The number of hydrogen-bond acceptors (Lipinski definition) is 2. The number of rotatable bonds is 4. The van der Waals surface area contributed by atoms with E-state index in [-0.39, 0.29) is 21.9 Å². The van der Waals surface area contributed by atoms with Crippen molar-refractivity contribution in [3.8, 4) is 16.9 Å². The molecular formula is C15H12ClF4NO. The van der Waals surface area contributed by atoms with E-state index in [1.807, 2.05) is 0 Å². The summed E-state index contributed by atoms with van der Waals surface area (Å²) in [5, 5.41) is 2.98. The van der Waals surface area contributed by atoms with Gasteiger partial charge in [0, 0.05) is 29.4 Å². The van der Waals surface area contributed by atoms with Crippen molar-refractivity contribution in [1.29, 1.82) is 0 Å². The molecule has 0 aliphatic carbocycles. The van der Waals surface area contributed by atoms with Gasteiger partial charge in [-0.2, -0.15) is 0 Å². The highest BCUT2D eigenvalue weighted by Crippen LogP contribution is 2.39. The van der Waals surface area contributed by atoms with Crippen molar-refractivity contribution in [2.24, 2.45) is 0 Å². The van der Waals surface area contributed by atoms with Gasteiger partial charge in [0.25, 0.3) is 0 Å². The summed E-state index contributed by atoms with van der Waals surface area (Å²) < 4.78 is 54.5. The van der Waals surface area contributed by atoms with Gasteiger partial charge in [-0.15, -0.1) is 13.2 Å². The fourth-order valence-corrected chi connectivity index (χ4v) is 2.34. The molecule has 2 nitrogen and oxygen atoms in total. The third kappa shape index (κ3) is 3.62. The summed E-state index contributed by atoms with van der Waals surface area (Å²) in [7, 11) is 1.60. The quantitative estimate of drug-likeness (QED) is 0.755. The topological polar surface area (TPSA) is 21.3 Å². The zero-order valence-electron chi connectivity index (χ0n) is 11.5. The lowest BCUT2D eigenvalue weighted by Crippen LogP contribution is -2.17. The van der Waals surface area contributed by atoms with Crippen LogP contribution in [0.2, 0.25) is 5.02 Å². The Labute approximate surface area is 129 Å². The van der Waals surface area contributed by atoms with Crippen molar-refractivity contribution in [2.75, 3.05) is 12.4 Å². The maximum atomic E-state index is 13.1. The van der Waals surface area contributed by atoms with Crippen LogP contribution in [0.3, 0.4) is 0 Å². The fraction of sp³-hybridized carbons (Fsp3) is 0.200. The number of para-hydroxylation sites is 1. The zero-order chi connectivity index (χ0) is 16.3. The zero-order valence-corrected chi connectivity index (χ0v) is 12.2. The van der Waals surface area contributed by atoms with E-state index < -0.39 is 13.0 Å². The minimum absolute atomic E-state index is 0.141. The first kappa shape index (κ1) is 16.4. The molecule has 0 atom stereocenters. The van der Waals surface area contributed by atoms with Crippen LogP contribution < -0.4 is 10.1 Å². The Kier molecular flexibility index (Phi) is 4.81. The highest BCUT2D eigenvalue weighted by Gasteiger charge is 2.32. The molecule has 2 rings (SSSR count). The predicted octanol–water partition coefficient (Wildman–Crippen LogP) is 5.42. The molecule has 2 aromatic carbocycles. The number of alkyl halides is 4. The largest absolute Gasteiger partial charge is 0.573 e. The first-order valence-corrected chi connectivity index (χ1v) is 6.65. The van der Waals surface area contributed by atoms with Crippen LogP contribution in [0.1, 0.15) is 5.56 Å². The van der Waals surface area contributed by atoms with E-state index in [0.717, 1.165) is 0 Å². The fourth-order valence-electron chi connectivity index (χ4n) is 2.07. The van der Waals surface area contributed by atoms with Crippen LogP contribution in [0, 0.1) is 0 Å². The van der Waals surface area contributed by atoms with E-state index in [4.69, 9.17) is 11.6 Å². The molecular weight excluding hydrogens is 322 g/mol. The Hall–Kier alpha value is -1.95. The molecule has 0 unspecified atom stereocenters. The summed E-state index contributed by atoms with van der Waals surface area (Å²) in [6.45, 7) is -0.775. The highest BCUT2D eigenvalue weighted by molar-refractivity contribution is 6.33. The molecule has 118 valence electrons. The van der Waals surface area contributed by atoms with Crippen LogP contribution in [0.25, 0.3) is 11.1 Å². The van der Waals surface area contributed by atoms with Crippen molar-refractivity contribution in [3.05, 3.63) is 47.0 Å². The van der Waals surface area contributed by atoms with Crippen molar-refractivity contribution in [2.45, 2.75) is 13.0 Å². The van der Waals surface area contributed by atoms with Crippen LogP contribution in [0.15, 0.2) is 36.4 Å². The summed E-state index contributed by atoms with van der Waals surface area (Å²) >= 11 is 6.12. The summed E-state index contributed by atoms with van der Waals surface area (Å²) in [6, 6.07) is 8.46. The Morgan fingerprint density at radius 3 is 2.41 bits per heavy atom. The van der Waals surface area contributed by atoms with Gasteiger partial charge in [-0.25, -0.2) is 4.39 Å². The van der Waals surface area contributed by atoms with E-state index in [1.54, 1.807) is 13.1 Å². The third-order valence-corrected chi connectivity index (χ3v) is 3.32. The van der Waals surface area contributed by atoms with Gasteiger partial charge in [0.05, 0.1) is 5.02 Å². The monoisotopic (exact) mass is 333 g/mol. The summed E-state index contributed by atoms with van der Waals surface area (Å²) in [4.78, 5) is 0. The van der Waals surface area contributed by atoms with Crippen LogP contribution in [0.4, 0.5) is 23.2 Å². The minimum Gasteiger partial charge on any atom is -0.405 e. The second kappa shape index (κ2) is 6.44. The Bertz CT molecular complexity index is 673. The van der Waals surface area contributed by atoms with Gasteiger partial charge in [-0.1, -0.05) is 29.8 Å². The lowest BCUT2D eigenvalue weighted by Gasteiger charge is -2.16. The smallest absolute Gasteiger partial charge is 0.405 e. The number of benzene rings is 2. The molecule has 0 aromatic heterocycles. The predicted molar refractivity (Wildman–Crippen MR) is 77.9 cm³/mol. The van der Waals surface area contributed by atoms with Gasteiger partial charge in [0.2, 0.25) is 0 Å². The Morgan fingerprint density at radius 2 is 1.82 bits per heavy atom. The second-order valence-electron chi connectivity index (χ2n) is 4.42. The maximum absolute atomic E-state index is 13.1. The van der Waals surface area contributed by atoms with Crippen molar-refractivity contribution in [1.82, 2.24) is 0 Å². The molecule has 0 saturated carbocycles. The molecule has 0 fully saturated rings. The number of ether oxygens (including phenoxy) is 1. The first-order valence-electron chi connectivity index (χ1n) is 6.27. The van der Waals surface area contributed by atoms with Crippen LogP contribution in [-0.2, 0) is 6.67 Å². The van der Waals surface area contributed by atoms with Crippen molar-refractivity contribution < 1.29 is 22.3 Å². The second-order valence-corrected chi connectivity index (χ2v) is 4.82. The van der Waals surface area contributed by atoms with E-state index in [2.05, 4.69) is 10.1 Å². The van der Waals surface area contributed by atoms with Gasteiger partial charge >= 0.3 is 6.36 Å². The molecule has 0 spiro atoms. The summed E-state index contributed by atoms with van der Waals surface area (Å²) in [5.41, 5.74) is 1.18. The van der Waals surface area contributed by atoms with Gasteiger partial charge < -0.3 is 10.1 Å². The van der Waals surface area contributed by atoms with E-state index >= 15 is 0 Å². The lowest BCUT2D eigenvalue weighted by atomic mass is 10.0. The van der Waals surface area contributed by atoms with Gasteiger partial charge in [0.1, 0.15) is 12.4 Å². The number of nitrogens with one attached hydrogen (secondary N) is 1.